The van der Waals surface area contributed by atoms with Crippen LogP contribution in [0.25, 0.3) is 0 Å². The van der Waals surface area contributed by atoms with Gasteiger partial charge in [-0.25, -0.2) is 9.37 Å². The highest BCUT2D eigenvalue weighted by Crippen LogP contribution is 2.27. The topological polar surface area (TPSA) is 62.2 Å². The second kappa shape index (κ2) is 5.52. The molecule has 0 bridgehead atoms. The van der Waals surface area contributed by atoms with Gasteiger partial charge in [0.2, 0.25) is 0 Å². The predicted molar refractivity (Wildman–Crippen MR) is 66.2 cm³/mol. The molecular weight excluding hydrogens is 259 g/mol. The molecule has 98 valence electrons. The molecular formula is C12H14ClFN2O2. The molecule has 0 saturated heterocycles. The molecule has 0 amide bonds. The molecule has 1 saturated carbocycles. The van der Waals surface area contributed by atoms with Gasteiger partial charge in [-0.15, -0.1) is 0 Å². The molecule has 4 nitrogen and oxygen atoms in total. The summed E-state index contributed by atoms with van der Waals surface area (Å²) in [7, 11) is 0. The Morgan fingerprint density at radius 1 is 1.44 bits per heavy atom. The highest BCUT2D eigenvalue weighted by molar-refractivity contribution is 6.30. The number of hydrogen-bond donors (Lipinski definition) is 2. The van der Waals surface area contributed by atoms with Crippen molar-refractivity contribution >= 4 is 23.4 Å². The predicted octanol–water partition coefficient (Wildman–Crippen LogP) is 2.93. The van der Waals surface area contributed by atoms with Crippen molar-refractivity contribution in [2.75, 3.05) is 5.32 Å². The van der Waals surface area contributed by atoms with Crippen LogP contribution in [0.4, 0.5) is 10.2 Å². The van der Waals surface area contributed by atoms with E-state index in [1.54, 1.807) is 0 Å². The maximum Gasteiger partial charge on any atom is 0.306 e. The van der Waals surface area contributed by atoms with Crippen molar-refractivity contribution in [1.29, 1.82) is 0 Å². The van der Waals surface area contributed by atoms with E-state index in [1.165, 1.54) is 12.3 Å². The van der Waals surface area contributed by atoms with E-state index >= 15 is 0 Å². The third-order valence-corrected chi connectivity index (χ3v) is 3.43. The molecule has 0 atom stereocenters. The lowest BCUT2D eigenvalue weighted by molar-refractivity contribution is -0.142. The van der Waals surface area contributed by atoms with Crippen molar-refractivity contribution in [1.82, 2.24) is 4.98 Å². The molecule has 1 aliphatic carbocycles. The Balaban J connectivity index is 1.93. The van der Waals surface area contributed by atoms with Crippen LogP contribution in [0.3, 0.4) is 0 Å². The molecule has 1 aliphatic rings. The van der Waals surface area contributed by atoms with Gasteiger partial charge in [0, 0.05) is 12.2 Å². The first-order chi connectivity index (χ1) is 8.56. The number of pyridine rings is 1. The lowest BCUT2D eigenvalue weighted by atomic mass is 9.86. The van der Waals surface area contributed by atoms with E-state index in [2.05, 4.69) is 10.3 Å². The number of aliphatic carboxylic acids is 1. The van der Waals surface area contributed by atoms with E-state index in [4.69, 9.17) is 16.7 Å². The van der Waals surface area contributed by atoms with E-state index in [-0.39, 0.29) is 22.8 Å². The minimum atomic E-state index is -0.746. The van der Waals surface area contributed by atoms with Gasteiger partial charge in [-0.3, -0.25) is 4.79 Å². The fourth-order valence-corrected chi connectivity index (χ4v) is 2.34. The second-order valence-corrected chi connectivity index (χ2v) is 4.95. The van der Waals surface area contributed by atoms with Crippen LogP contribution in [0.5, 0.6) is 0 Å². The Morgan fingerprint density at radius 3 is 2.67 bits per heavy atom. The molecule has 0 spiro atoms. The Morgan fingerprint density at radius 2 is 2.11 bits per heavy atom. The number of hydrogen-bond acceptors (Lipinski definition) is 3. The van der Waals surface area contributed by atoms with Crippen molar-refractivity contribution in [2.24, 2.45) is 5.92 Å². The third-order valence-electron chi connectivity index (χ3n) is 3.23. The largest absolute Gasteiger partial charge is 0.481 e. The summed E-state index contributed by atoms with van der Waals surface area (Å²) in [6, 6.07) is 1.28. The maximum atomic E-state index is 13.5. The standard InChI is InChI=1S/C12H14ClFN2O2/c13-8-5-10(14)11(15-6-8)16-9-3-1-7(2-4-9)12(17)18/h5-7,9H,1-4H2,(H,15,16)(H,17,18). The molecule has 1 heterocycles. The zero-order valence-corrected chi connectivity index (χ0v) is 10.5. The van der Waals surface area contributed by atoms with Crippen molar-refractivity contribution in [3.8, 4) is 0 Å². The number of carboxylic acid groups (broad SMARTS) is 1. The second-order valence-electron chi connectivity index (χ2n) is 4.52. The van der Waals surface area contributed by atoms with E-state index in [0.29, 0.717) is 25.7 Å². The maximum absolute atomic E-state index is 13.5. The summed E-state index contributed by atoms with van der Waals surface area (Å²) >= 11 is 5.62. The minimum absolute atomic E-state index is 0.0729. The van der Waals surface area contributed by atoms with E-state index < -0.39 is 11.8 Å². The lowest BCUT2D eigenvalue weighted by Gasteiger charge is -2.27. The van der Waals surface area contributed by atoms with E-state index in [9.17, 15) is 9.18 Å². The quantitative estimate of drug-likeness (QED) is 0.888. The molecule has 2 rings (SSSR count). The average Bonchev–Trinajstić information content (AvgIpc) is 2.33. The average molecular weight is 273 g/mol. The fourth-order valence-electron chi connectivity index (χ4n) is 2.20. The van der Waals surface area contributed by atoms with Crippen molar-refractivity contribution in [3.05, 3.63) is 23.1 Å². The number of halogens is 2. The Labute approximate surface area is 109 Å². The number of carbonyl (C=O) groups is 1. The van der Waals surface area contributed by atoms with Crippen LogP contribution in [0, 0.1) is 11.7 Å². The first-order valence-electron chi connectivity index (χ1n) is 5.86. The summed E-state index contributed by atoms with van der Waals surface area (Å²) in [5, 5.41) is 12.1. The van der Waals surface area contributed by atoms with Gasteiger partial charge in [-0.2, -0.15) is 0 Å². The zero-order chi connectivity index (χ0) is 13.1. The first kappa shape index (κ1) is 13.1. The summed E-state index contributed by atoms with van der Waals surface area (Å²) in [6.45, 7) is 0. The summed E-state index contributed by atoms with van der Waals surface area (Å²) in [4.78, 5) is 14.7. The molecule has 0 aliphatic heterocycles. The van der Waals surface area contributed by atoms with Crippen LogP contribution in [0.1, 0.15) is 25.7 Å². The fraction of sp³-hybridized carbons (Fsp3) is 0.500. The minimum Gasteiger partial charge on any atom is -0.481 e. The van der Waals surface area contributed by atoms with Crippen molar-refractivity contribution < 1.29 is 14.3 Å². The Kier molecular flexibility index (Phi) is 4.01. The number of nitrogens with zero attached hydrogens (tertiary/aromatic N) is 1. The van der Waals surface area contributed by atoms with Crippen LogP contribution in [0.2, 0.25) is 5.02 Å². The molecule has 1 fully saturated rings. The van der Waals surface area contributed by atoms with Crippen LogP contribution in [-0.2, 0) is 4.79 Å². The molecule has 0 unspecified atom stereocenters. The Hall–Kier alpha value is -1.36. The molecule has 1 aromatic rings. The van der Waals surface area contributed by atoms with Gasteiger partial charge in [-0.1, -0.05) is 11.6 Å². The molecule has 18 heavy (non-hydrogen) atoms. The van der Waals surface area contributed by atoms with Gasteiger partial charge in [0.1, 0.15) is 0 Å². The van der Waals surface area contributed by atoms with Gasteiger partial charge in [0.05, 0.1) is 10.9 Å². The monoisotopic (exact) mass is 272 g/mol. The highest BCUT2D eigenvalue weighted by atomic mass is 35.5. The van der Waals surface area contributed by atoms with Gasteiger partial charge < -0.3 is 10.4 Å². The van der Waals surface area contributed by atoms with Gasteiger partial charge in [-0.05, 0) is 31.7 Å². The normalized spacial score (nSPS) is 23.7. The van der Waals surface area contributed by atoms with Gasteiger partial charge >= 0.3 is 5.97 Å². The lowest BCUT2D eigenvalue weighted by Crippen LogP contribution is -2.29. The van der Waals surface area contributed by atoms with Gasteiger partial charge in [0.15, 0.2) is 11.6 Å². The molecule has 0 aromatic carbocycles. The van der Waals surface area contributed by atoms with Gasteiger partial charge in [0.25, 0.3) is 0 Å². The molecule has 6 heteroatoms. The molecule has 2 N–H and O–H groups in total. The smallest absolute Gasteiger partial charge is 0.306 e. The summed E-state index contributed by atoms with van der Waals surface area (Å²) in [6.07, 6.45) is 4.03. The van der Waals surface area contributed by atoms with E-state index in [1.807, 2.05) is 0 Å². The Bertz CT molecular complexity index is 448. The van der Waals surface area contributed by atoms with Crippen LogP contribution in [0.15, 0.2) is 12.3 Å². The molecule has 0 radical (unpaired) electrons. The van der Waals surface area contributed by atoms with Crippen LogP contribution in [-0.4, -0.2) is 22.1 Å². The third kappa shape index (κ3) is 3.10. The number of anilines is 1. The summed E-state index contributed by atoms with van der Waals surface area (Å²) in [5.41, 5.74) is 0. The van der Waals surface area contributed by atoms with E-state index in [0.717, 1.165) is 0 Å². The summed E-state index contributed by atoms with van der Waals surface area (Å²) < 4.78 is 13.5. The van der Waals surface area contributed by atoms with Crippen LogP contribution < -0.4 is 5.32 Å². The molecule has 1 aromatic heterocycles. The first-order valence-corrected chi connectivity index (χ1v) is 6.24. The number of rotatable bonds is 3. The van der Waals surface area contributed by atoms with Crippen LogP contribution >= 0.6 is 11.6 Å². The zero-order valence-electron chi connectivity index (χ0n) is 9.70. The number of aromatic nitrogens is 1. The SMILES string of the molecule is O=C(O)C1CCC(Nc2ncc(Cl)cc2F)CC1. The summed E-state index contributed by atoms with van der Waals surface area (Å²) in [5.74, 6) is -1.32. The van der Waals surface area contributed by atoms with Crippen molar-refractivity contribution in [3.63, 3.8) is 0 Å². The van der Waals surface area contributed by atoms with Crippen molar-refractivity contribution in [2.45, 2.75) is 31.7 Å². The number of nitrogens with one attached hydrogen (secondary N) is 1. The highest BCUT2D eigenvalue weighted by Gasteiger charge is 2.26. The number of carboxylic acids is 1.